The fraction of sp³-hybridized carbons (Fsp3) is 0.766. The van der Waals surface area contributed by atoms with Gasteiger partial charge in [0.1, 0.15) is 13.2 Å². The molecule has 0 aliphatic rings. The van der Waals surface area contributed by atoms with Gasteiger partial charge in [-0.3, -0.25) is 14.4 Å². The number of hydrogen-bond acceptors (Lipinski definition) is 6. The van der Waals surface area contributed by atoms with Crippen LogP contribution in [0.25, 0.3) is 0 Å². The standard InChI is InChI=1S/C47H82O6/c1-4-7-10-13-16-18-20-22-23-25-26-28-31-34-37-40-46(49)52-43-44(42-51-45(48)39-36-33-30-15-12-9-6-3)53-47(50)41-38-35-32-29-27-24-21-19-17-14-11-8-5-2/h8,11,17,19,22-24,27,44H,4-7,9-10,12-16,18,20-21,25-26,28-43H2,1-3H3/b11-8-,19-17-,23-22-,27-24-. The van der Waals surface area contributed by atoms with Crippen LogP contribution in [0, 0.1) is 0 Å². The molecule has 0 aromatic carbocycles. The highest BCUT2D eigenvalue weighted by molar-refractivity contribution is 5.71. The Kier molecular flexibility index (Phi) is 40.0. The Bertz CT molecular complexity index is 949. The van der Waals surface area contributed by atoms with Crippen molar-refractivity contribution in [1.29, 1.82) is 0 Å². The van der Waals surface area contributed by atoms with Crippen LogP contribution < -0.4 is 0 Å². The summed E-state index contributed by atoms with van der Waals surface area (Å²) in [5.41, 5.74) is 0. The van der Waals surface area contributed by atoms with Gasteiger partial charge in [-0.15, -0.1) is 0 Å². The molecule has 0 amide bonds. The van der Waals surface area contributed by atoms with Crippen LogP contribution in [0.5, 0.6) is 0 Å². The van der Waals surface area contributed by atoms with Gasteiger partial charge in [-0.05, 0) is 77.0 Å². The van der Waals surface area contributed by atoms with Crippen molar-refractivity contribution in [3.63, 3.8) is 0 Å². The minimum absolute atomic E-state index is 0.0874. The van der Waals surface area contributed by atoms with Crippen molar-refractivity contribution >= 4 is 17.9 Å². The Morgan fingerprint density at radius 2 is 0.736 bits per heavy atom. The van der Waals surface area contributed by atoms with Crippen molar-refractivity contribution in [2.45, 2.75) is 219 Å². The van der Waals surface area contributed by atoms with Gasteiger partial charge in [0, 0.05) is 19.3 Å². The molecule has 0 aliphatic carbocycles. The van der Waals surface area contributed by atoms with Gasteiger partial charge >= 0.3 is 17.9 Å². The smallest absolute Gasteiger partial charge is 0.306 e. The van der Waals surface area contributed by atoms with E-state index in [0.717, 1.165) is 89.9 Å². The zero-order valence-electron chi connectivity index (χ0n) is 34.8. The molecule has 0 aromatic heterocycles. The van der Waals surface area contributed by atoms with Crippen molar-refractivity contribution in [3.05, 3.63) is 48.6 Å². The normalized spacial score (nSPS) is 12.4. The second-order valence-corrected chi connectivity index (χ2v) is 14.6. The van der Waals surface area contributed by atoms with Crippen molar-refractivity contribution in [2.24, 2.45) is 0 Å². The highest BCUT2D eigenvalue weighted by Gasteiger charge is 2.19. The highest BCUT2D eigenvalue weighted by Crippen LogP contribution is 2.13. The first-order valence-electron chi connectivity index (χ1n) is 22.1. The van der Waals surface area contributed by atoms with Crippen molar-refractivity contribution in [2.75, 3.05) is 13.2 Å². The van der Waals surface area contributed by atoms with E-state index in [1.54, 1.807) is 0 Å². The number of rotatable bonds is 39. The number of allylic oxidation sites excluding steroid dienone is 8. The third kappa shape index (κ3) is 40.4. The van der Waals surface area contributed by atoms with Gasteiger partial charge in [-0.1, -0.05) is 166 Å². The quantitative estimate of drug-likeness (QED) is 0.0270. The molecule has 0 radical (unpaired) electrons. The van der Waals surface area contributed by atoms with E-state index >= 15 is 0 Å². The maximum Gasteiger partial charge on any atom is 0.306 e. The van der Waals surface area contributed by atoms with E-state index < -0.39 is 6.10 Å². The average molecular weight is 743 g/mol. The van der Waals surface area contributed by atoms with E-state index in [1.165, 1.54) is 83.5 Å². The predicted octanol–water partition coefficient (Wildman–Crippen LogP) is 14.0. The number of hydrogen-bond donors (Lipinski definition) is 0. The molecular weight excluding hydrogens is 661 g/mol. The summed E-state index contributed by atoms with van der Waals surface area (Å²) in [6.07, 6.45) is 48.2. The summed E-state index contributed by atoms with van der Waals surface area (Å²) in [4.78, 5) is 37.5. The molecule has 0 spiro atoms. The van der Waals surface area contributed by atoms with Crippen LogP contribution in [0.4, 0.5) is 0 Å². The molecule has 306 valence electrons. The topological polar surface area (TPSA) is 78.9 Å². The number of esters is 3. The summed E-state index contributed by atoms with van der Waals surface area (Å²) in [5, 5.41) is 0. The molecule has 6 heteroatoms. The van der Waals surface area contributed by atoms with E-state index in [2.05, 4.69) is 69.4 Å². The second kappa shape index (κ2) is 42.1. The van der Waals surface area contributed by atoms with E-state index in [-0.39, 0.29) is 31.1 Å². The lowest BCUT2D eigenvalue weighted by molar-refractivity contribution is -0.167. The predicted molar refractivity (Wildman–Crippen MR) is 224 cm³/mol. The van der Waals surface area contributed by atoms with Gasteiger partial charge in [0.15, 0.2) is 6.10 Å². The molecule has 0 heterocycles. The lowest BCUT2D eigenvalue weighted by Gasteiger charge is -2.18. The molecule has 0 saturated heterocycles. The molecule has 6 nitrogen and oxygen atoms in total. The van der Waals surface area contributed by atoms with Gasteiger partial charge in [0.2, 0.25) is 0 Å². The van der Waals surface area contributed by atoms with Gasteiger partial charge in [0.25, 0.3) is 0 Å². The lowest BCUT2D eigenvalue weighted by Crippen LogP contribution is -2.30. The molecule has 0 aromatic rings. The zero-order valence-corrected chi connectivity index (χ0v) is 34.8. The summed E-state index contributed by atoms with van der Waals surface area (Å²) in [6.45, 7) is 6.43. The van der Waals surface area contributed by atoms with Crippen LogP contribution in [0.1, 0.15) is 213 Å². The van der Waals surface area contributed by atoms with Crippen molar-refractivity contribution < 1.29 is 28.6 Å². The molecule has 1 atom stereocenters. The van der Waals surface area contributed by atoms with E-state index in [0.29, 0.717) is 19.3 Å². The maximum atomic E-state index is 12.7. The average Bonchev–Trinajstić information content (AvgIpc) is 3.15. The van der Waals surface area contributed by atoms with Crippen LogP contribution in [0.2, 0.25) is 0 Å². The number of unbranched alkanes of at least 4 members (excludes halogenated alkanes) is 20. The summed E-state index contributed by atoms with van der Waals surface area (Å²) < 4.78 is 16.6. The summed E-state index contributed by atoms with van der Waals surface area (Å²) in [7, 11) is 0. The maximum absolute atomic E-state index is 12.7. The van der Waals surface area contributed by atoms with E-state index in [1.807, 2.05) is 0 Å². The Balaban J connectivity index is 4.37. The molecule has 0 N–H and O–H groups in total. The molecule has 0 fully saturated rings. The van der Waals surface area contributed by atoms with E-state index in [9.17, 15) is 14.4 Å². The monoisotopic (exact) mass is 743 g/mol. The Morgan fingerprint density at radius 3 is 1.19 bits per heavy atom. The van der Waals surface area contributed by atoms with Crippen LogP contribution in [-0.2, 0) is 28.6 Å². The minimum Gasteiger partial charge on any atom is -0.462 e. The number of carbonyl (C=O) groups is 3. The van der Waals surface area contributed by atoms with Crippen molar-refractivity contribution in [3.8, 4) is 0 Å². The van der Waals surface area contributed by atoms with Crippen LogP contribution >= 0.6 is 0 Å². The lowest BCUT2D eigenvalue weighted by atomic mass is 10.1. The first kappa shape index (κ1) is 50.4. The van der Waals surface area contributed by atoms with E-state index in [4.69, 9.17) is 14.2 Å². The second-order valence-electron chi connectivity index (χ2n) is 14.6. The van der Waals surface area contributed by atoms with Crippen molar-refractivity contribution in [1.82, 2.24) is 0 Å². The van der Waals surface area contributed by atoms with Crippen LogP contribution in [0.3, 0.4) is 0 Å². The van der Waals surface area contributed by atoms with Crippen LogP contribution in [-0.4, -0.2) is 37.2 Å². The van der Waals surface area contributed by atoms with Gasteiger partial charge in [-0.25, -0.2) is 0 Å². The molecule has 53 heavy (non-hydrogen) atoms. The minimum atomic E-state index is -0.785. The van der Waals surface area contributed by atoms with Gasteiger partial charge in [0.05, 0.1) is 0 Å². The molecule has 0 rings (SSSR count). The SMILES string of the molecule is CC/C=C\C/C=C\C/C=C\CCCCCC(=O)OC(COC(=O)CCCCCCC/C=C\CCCCCCCC)COC(=O)CCCCCCCCC. The number of ether oxygens (including phenoxy) is 3. The Morgan fingerprint density at radius 1 is 0.396 bits per heavy atom. The molecular formula is C47H82O6. The zero-order chi connectivity index (χ0) is 38.7. The Hall–Kier alpha value is -2.63. The summed E-state index contributed by atoms with van der Waals surface area (Å²) >= 11 is 0. The van der Waals surface area contributed by atoms with Gasteiger partial charge < -0.3 is 14.2 Å². The Labute approximate surface area is 327 Å². The molecule has 0 bridgehead atoms. The molecule has 1 unspecified atom stereocenters. The first-order chi connectivity index (χ1) is 26.0. The number of carbonyl (C=O) groups excluding carboxylic acids is 3. The van der Waals surface area contributed by atoms with Gasteiger partial charge in [-0.2, -0.15) is 0 Å². The highest BCUT2D eigenvalue weighted by atomic mass is 16.6. The molecule has 0 saturated carbocycles. The largest absolute Gasteiger partial charge is 0.462 e. The fourth-order valence-electron chi connectivity index (χ4n) is 5.98. The summed E-state index contributed by atoms with van der Waals surface area (Å²) in [5.74, 6) is -0.935. The summed E-state index contributed by atoms with van der Waals surface area (Å²) in [6, 6.07) is 0. The van der Waals surface area contributed by atoms with Crippen LogP contribution in [0.15, 0.2) is 48.6 Å². The third-order valence-electron chi connectivity index (χ3n) is 9.32. The fourth-order valence-corrected chi connectivity index (χ4v) is 5.98. The third-order valence-corrected chi connectivity index (χ3v) is 9.32. The first-order valence-corrected chi connectivity index (χ1v) is 22.1. The molecule has 0 aliphatic heterocycles.